The van der Waals surface area contributed by atoms with Crippen LogP contribution in [0.15, 0.2) is 0 Å². The van der Waals surface area contributed by atoms with E-state index in [4.69, 9.17) is 23.7 Å². The fraction of sp³-hybridized carbons (Fsp3) is 1.00. The van der Waals surface area contributed by atoms with Crippen LogP contribution >= 0.6 is 0 Å². The quantitative estimate of drug-likeness (QED) is 0.254. The Morgan fingerprint density at radius 2 is 0.788 bits per heavy atom. The number of ether oxygens (including phenoxy) is 5. The van der Waals surface area contributed by atoms with E-state index in [1.807, 2.05) is 0 Å². The van der Waals surface area contributed by atoms with Crippen molar-refractivity contribution in [2.24, 2.45) is 97.6 Å². The van der Waals surface area contributed by atoms with Crippen LogP contribution in [0, 0.1) is 97.6 Å². The molecule has 0 aromatic heterocycles. The van der Waals surface area contributed by atoms with Gasteiger partial charge in [-0.2, -0.15) is 0 Å². The average Bonchev–Trinajstić information content (AvgIpc) is 1.71. The van der Waals surface area contributed by atoms with Crippen molar-refractivity contribution in [1.29, 1.82) is 0 Å². The van der Waals surface area contributed by atoms with Gasteiger partial charge in [-0.1, -0.05) is 136 Å². The zero-order chi connectivity index (χ0) is 64.5. The largest absolute Gasteiger partial charge is 0.373 e. The minimum Gasteiger partial charge on any atom is -0.373 e. The second-order valence-electron chi connectivity index (χ2n) is 40.0. The Bertz CT molecular complexity index is 1890. The molecular weight excluding hydrogens is 1040 g/mol. The van der Waals surface area contributed by atoms with Crippen molar-refractivity contribution in [2.45, 2.75) is 414 Å². The first-order chi connectivity index (χ1) is 38.5. The molecule has 8 bridgehead atoms. The summed E-state index contributed by atoms with van der Waals surface area (Å²) < 4.78 is 30.9. The van der Waals surface area contributed by atoms with E-state index in [0.29, 0.717) is 57.6 Å². The molecule has 12 atom stereocenters. The summed E-state index contributed by atoms with van der Waals surface area (Å²) in [6.45, 7) is 68.6. The van der Waals surface area contributed by atoms with Gasteiger partial charge in [-0.05, 0) is 317 Å². The van der Waals surface area contributed by atoms with E-state index in [0.717, 1.165) is 70.5 Å². The summed E-state index contributed by atoms with van der Waals surface area (Å²) in [5.41, 5.74) is 3.08. The Morgan fingerprint density at radius 3 is 1.11 bits per heavy atom. The van der Waals surface area contributed by atoms with Gasteiger partial charge in [0.25, 0.3) is 0 Å². The fourth-order valence-electron chi connectivity index (χ4n) is 19.8. The third kappa shape index (κ3) is 21.2. The molecule has 3 unspecified atom stereocenters. The molecule has 11 fully saturated rings. The third-order valence-electron chi connectivity index (χ3n) is 24.5. The normalized spacial score (nSPS) is 38.5. The van der Waals surface area contributed by atoms with E-state index < -0.39 is 0 Å². The Labute approximate surface area is 532 Å². The summed E-state index contributed by atoms with van der Waals surface area (Å²) in [4.78, 5) is 0. The molecule has 11 aliphatic rings. The monoisotopic (exact) mass is 1190 g/mol. The topological polar surface area (TPSA) is 46.2 Å². The first-order valence-corrected chi connectivity index (χ1v) is 36.9. The lowest BCUT2D eigenvalue weighted by atomic mass is 9.43. The number of rotatable bonds is 7. The molecule has 0 radical (unpaired) electrons. The maximum Gasteiger partial charge on any atom is 0.0689 e. The van der Waals surface area contributed by atoms with Crippen molar-refractivity contribution in [3.63, 3.8) is 0 Å². The molecule has 5 nitrogen and oxygen atoms in total. The summed E-state index contributed by atoms with van der Waals surface area (Å²) in [6, 6.07) is 0. The maximum absolute atomic E-state index is 6.35. The van der Waals surface area contributed by atoms with Gasteiger partial charge in [0, 0.05) is 0 Å². The third-order valence-corrected chi connectivity index (χ3v) is 24.5. The predicted molar refractivity (Wildman–Crippen MR) is 367 cm³/mol. The Morgan fingerprint density at radius 1 is 0.388 bits per heavy atom. The number of hydrogen-bond donors (Lipinski definition) is 0. The van der Waals surface area contributed by atoms with E-state index in [1.165, 1.54) is 109 Å². The molecule has 85 heavy (non-hydrogen) atoms. The minimum absolute atomic E-state index is 0.00454. The van der Waals surface area contributed by atoms with Gasteiger partial charge < -0.3 is 23.7 Å². The molecule has 11 rings (SSSR count). The first kappa shape index (κ1) is 75.5. The highest BCUT2D eigenvalue weighted by Crippen LogP contribution is 2.68. The summed E-state index contributed by atoms with van der Waals surface area (Å²) >= 11 is 0. The van der Waals surface area contributed by atoms with Crippen LogP contribution in [0.2, 0.25) is 0 Å². The molecule has 0 N–H and O–H groups in total. The molecule has 0 saturated heterocycles. The lowest BCUT2D eigenvalue weighted by Gasteiger charge is -2.62. The van der Waals surface area contributed by atoms with Crippen molar-refractivity contribution in [3.05, 3.63) is 0 Å². The highest BCUT2D eigenvalue weighted by Gasteiger charge is 2.63. The first-order valence-electron chi connectivity index (χ1n) is 36.9. The molecule has 11 saturated carbocycles. The zero-order valence-corrected chi connectivity index (χ0v) is 63.0. The maximum atomic E-state index is 6.35. The Balaban J connectivity index is 0.000000187. The van der Waals surface area contributed by atoms with E-state index >= 15 is 0 Å². The van der Waals surface area contributed by atoms with Crippen LogP contribution in [-0.4, -0.2) is 58.5 Å². The summed E-state index contributed by atoms with van der Waals surface area (Å²) in [5, 5.41) is 0. The second-order valence-corrected chi connectivity index (χ2v) is 40.0. The lowest BCUT2D eigenvalue weighted by Crippen LogP contribution is -2.51. The molecule has 0 aromatic carbocycles. The molecule has 0 heterocycles. The van der Waals surface area contributed by atoms with Gasteiger partial charge in [0.05, 0.1) is 58.5 Å². The van der Waals surface area contributed by atoms with Crippen molar-refractivity contribution >= 4 is 0 Å². The van der Waals surface area contributed by atoms with Crippen LogP contribution in [0.25, 0.3) is 0 Å². The molecule has 0 amide bonds. The van der Waals surface area contributed by atoms with Crippen molar-refractivity contribution in [1.82, 2.24) is 0 Å². The molecule has 0 aliphatic heterocycles. The van der Waals surface area contributed by atoms with E-state index in [-0.39, 0.29) is 28.0 Å². The van der Waals surface area contributed by atoms with Crippen molar-refractivity contribution in [3.8, 4) is 0 Å². The predicted octanol–water partition coefficient (Wildman–Crippen LogP) is 23.9. The zero-order valence-electron chi connectivity index (χ0n) is 63.0. The lowest BCUT2D eigenvalue weighted by molar-refractivity contribution is -0.153. The van der Waals surface area contributed by atoms with Crippen LogP contribution in [-0.2, 0) is 23.7 Å². The number of fused-ring (bicyclic) bond motifs is 4. The summed E-state index contributed by atoms with van der Waals surface area (Å²) in [6.07, 6.45) is 34.7. The van der Waals surface area contributed by atoms with Crippen LogP contribution in [0.3, 0.4) is 0 Å². The van der Waals surface area contributed by atoms with E-state index in [1.54, 1.807) is 38.5 Å². The Kier molecular flexibility index (Phi) is 25.4. The van der Waals surface area contributed by atoms with Gasteiger partial charge in [0.2, 0.25) is 0 Å². The standard InChI is InChI=1S/2C14H26O.2C14H28O.C14H24.C10H20O/c1-12(2,3)15-11-13(4,5)10-7-8-14(11,6)9-10;1-12(2,3)15-11-9-10-7-8-14(11,6)13(10,4)5;2*1-10(2)12-8-7-11(3)9-13(12)15-14(4,5)6;1-13(2,3)14-7-10-4-11(8-14)6-12(5-10)9-14;1-10(2,3)11-9-7-5-4-6-8-9/h2*10-11H,7-9H2,1-6H3;2*10-13H,7-9H2,1-6H3;10-12H,4-9H2,1-3H3;9H,4-8H2,1-3H3/t10-,11-,14+;;2*11-,12+,13-;;/m0.10../s1. The minimum atomic E-state index is -0.00454. The fourth-order valence-corrected chi connectivity index (χ4v) is 19.8. The van der Waals surface area contributed by atoms with Gasteiger partial charge in [0.1, 0.15) is 0 Å². The average molecular weight is 1190 g/mol. The molecule has 0 spiro atoms. The molecule has 0 aromatic rings. The van der Waals surface area contributed by atoms with Gasteiger partial charge in [-0.3, -0.25) is 0 Å². The smallest absolute Gasteiger partial charge is 0.0689 e. The molecular formula is C80H152O5. The molecule has 502 valence electrons. The highest BCUT2D eigenvalue weighted by atomic mass is 16.5. The van der Waals surface area contributed by atoms with E-state index in [2.05, 4.69) is 208 Å². The van der Waals surface area contributed by atoms with Gasteiger partial charge in [-0.25, -0.2) is 0 Å². The summed E-state index contributed by atoms with van der Waals surface area (Å²) in [7, 11) is 0. The number of hydrogen-bond acceptors (Lipinski definition) is 5. The molecule has 11 aliphatic carbocycles. The van der Waals surface area contributed by atoms with Crippen molar-refractivity contribution in [2.75, 3.05) is 0 Å². The summed E-state index contributed by atoms with van der Waals surface area (Å²) in [5.74, 6) is 9.82. The van der Waals surface area contributed by atoms with E-state index in [9.17, 15) is 0 Å². The van der Waals surface area contributed by atoms with Crippen LogP contribution < -0.4 is 0 Å². The van der Waals surface area contributed by atoms with Gasteiger partial charge >= 0.3 is 0 Å². The van der Waals surface area contributed by atoms with Crippen LogP contribution in [0.1, 0.15) is 355 Å². The SMILES string of the molecule is CC(C)(C)C12CC3CC(CC(C3)C1)C2.CC(C)(C)OC1CC2CCC1(C)C2(C)C.CC(C)(C)OC1CCCCC1.CC(C)(C)O[C@H]1C(C)(C)[C@H]2CC[C@]1(C)C2.CC(C)[C@@H]1CC[C@@H](C)C[C@H]1OC(C)(C)C.CC(C)[C@H]1CC[C@H](C)C[C@@H]1OC(C)(C)C. The van der Waals surface area contributed by atoms with Crippen LogP contribution in [0.5, 0.6) is 0 Å². The van der Waals surface area contributed by atoms with Crippen LogP contribution in [0.4, 0.5) is 0 Å². The van der Waals surface area contributed by atoms with Gasteiger partial charge in [-0.15, -0.1) is 0 Å². The Hall–Kier alpha value is -0.200. The van der Waals surface area contributed by atoms with Crippen molar-refractivity contribution < 1.29 is 23.7 Å². The molecule has 5 heteroatoms. The highest BCUT2D eigenvalue weighted by molar-refractivity contribution is 5.12. The second kappa shape index (κ2) is 28.6. The van der Waals surface area contributed by atoms with Gasteiger partial charge in [0.15, 0.2) is 0 Å².